The third-order valence-electron chi connectivity index (χ3n) is 2.09. The molecule has 2 aromatic rings. The molecule has 2 aromatic heterocycles. The molecule has 0 atom stereocenters. The number of hydrogen-bond acceptors (Lipinski definition) is 3. The van der Waals surface area contributed by atoms with Gasteiger partial charge in [-0.1, -0.05) is 0 Å². The molecule has 5 heteroatoms. The van der Waals surface area contributed by atoms with Gasteiger partial charge in [-0.15, -0.1) is 0 Å². The van der Waals surface area contributed by atoms with Crippen molar-refractivity contribution in [2.45, 2.75) is 13.5 Å². The number of aromatic nitrogens is 2. The van der Waals surface area contributed by atoms with Crippen LogP contribution in [0.4, 0.5) is 0 Å². The molecule has 2 heterocycles. The smallest absolute Gasteiger partial charge is 0.231 e. The second-order valence-electron chi connectivity index (χ2n) is 3.01. The van der Waals surface area contributed by atoms with Crippen LogP contribution in [0.25, 0.3) is 0 Å². The van der Waals surface area contributed by atoms with Gasteiger partial charge in [0.1, 0.15) is 6.26 Å². The van der Waals surface area contributed by atoms with Crippen LogP contribution in [0.15, 0.2) is 33.8 Å². The molecular formula is C10H9BrN2O2. The number of carbonyl (C=O) groups is 1. The Kier molecular flexibility index (Phi) is 2.73. The van der Waals surface area contributed by atoms with Crippen LogP contribution >= 0.6 is 15.9 Å². The van der Waals surface area contributed by atoms with Crippen LogP contribution in [-0.2, 0) is 6.54 Å². The molecule has 0 aromatic carbocycles. The van der Waals surface area contributed by atoms with Crippen LogP contribution in [0.2, 0.25) is 0 Å². The van der Waals surface area contributed by atoms with E-state index in [9.17, 15) is 4.79 Å². The van der Waals surface area contributed by atoms with Gasteiger partial charge < -0.3 is 8.98 Å². The van der Waals surface area contributed by atoms with E-state index in [1.54, 1.807) is 23.0 Å². The molecule has 0 aliphatic rings. The van der Waals surface area contributed by atoms with Crippen LogP contribution < -0.4 is 0 Å². The van der Waals surface area contributed by atoms with E-state index in [0.29, 0.717) is 16.1 Å². The lowest BCUT2D eigenvalue weighted by atomic mass is 10.2. The Hall–Kier alpha value is -1.36. The maximum atomic E-state index is 11.9. The highest BCUT2D eigenvalue weighted by Crippen LogP contribution is 2.16. The molecule has 0 saturated carbocycles. The molecule has 2 rings (SSSR count). The zero-order valence-corrected chi connectivity index (χ0v) is 9.69. The zero-order chi connectivity index (χ0) is 10.8. The topological polar surface area (TPSA) is 48.0 Å². The summed E-state index contributed by atoms with van der Waals surface area (Å²) >= 11 is 3.15. The molecule has 0 spiro atoms. The number of ketones is 1. The average Bonchev–Trinajstić information content (AvgIpc) is 2.84. The Balaban J connectivity index is 2.36. The molecule has 0 N–H and O–H groups in total. The largest absolute Gasteiger partial charge is 0.457 e. The standard InChI is InChI=1S/C10H9BrN2O2/c1-2-13-4-3-12-10(13)9(14)7-5-8(11)15-6-7/h3-6H,2H2,1H3. The first-order valence-electron chi connectivity index (χ1n) is 4.52. The number of rotatable bonds is 3. The van der Waals surface area contributed by atoms with Crippen molar-refractivity contribution in [3.05, 3.63) is 40.8 Å². The number of nitrogens with zero attached hydrogens (tertiary/aromatic N) is 2. The molecule has 0 unspecified atom stereocenters. The lowest BCUT2D eigenvalue weighted by molar-refractivity contribution is 0.102. The fraction of sp³-hybridized carbons (Fsp3) is 0.200. The van der Waals surface area contributed by atoms with Crippen LogP contribution in [0.5, 0.6) is 0 Å². The summed E-state index contributed by atoms with van der Waals surface area (Å²) in [4.78, 5) is 16.0. The lowest BCUT2D eigenvalue weighted by Gasteiger charge is -2.00. The number of imidazole rings is 1. The molecule has 0 aliphatic heterocycles. The maximum Gasteiger partial charge on any atom is 0.231 e. The third-order valence-corrected chi connectivity index (χ3v) is 2.50. The minimum absolute atomic E-state index is 0.128. The highest BCUT2D eigenvalue weighted by molar-refractivity contribution is 9.10. The quantitative estimate of drug-likeness (QED) is 0.804. The summed E-state index contributed by atoms with van der Waals surface area (Å²) in [7, 11) is 0. The summed E-state index contributed by atoms with van der Waals surface area (Å²) < 4.78 is 7.35. The zero-order valence-electron chi connectivity index (χ0n) is 8.11. The molecule has 0 amide bonds. The number of halogens is 1. The first-order chi connectivity index (χ1) is 7.22. The van der Waals surface area contributed by atoms with Gasteiger partial charge in [-0.2, -0.15) is 0 Å². The van der Waals surface area contributed by atoms with Gasteiger partial charge in [0.2, 0.25) is 5.78 Å². The van der Waals surface area contributed by atoms with Gasteiger partial charge in [0.15, 0.2) is 10.5 Å². The molecule has 15 heavy (non-hydrogen) atoms. The Labute approximate surface area is 95.0 Å². The van der Waals surface area contributed by atoms with Crippen molar-refractivity contribution < 1.29 is 9.21 Å². The highest BCUT2D eigenvalue weighted by atomic mass is 79.9. The lowest BCUT2D eigenvalue weighted by Crippen LogP contribution is -2.09. The van der Waals surface area contributed by atoms with Crippen LogP contribution in [0.3, 0.4) is 0 Å². The molecule has 0 bridgehead atoms. The SMILES string of the molecule is CCn1ccnc1C(=O)c1coc(Br)c1. The monoisotopic (exact) mass is 268 g/mol. The molecular weight excluding hydrogens is 260 g/mol. The summed E-state index contributed by atoms with van der Waals surface area (Å²) in [5.41, 5.74) is 0.503. The first kappa shape index (κ1) is 10.2. The van der Waals surface area contributed by atoms with E-state index in [-0.39, 0.29) is 5.78 Å². The predicted octanol–water partition coefficient (Wildman–Crippen LogP) is 2.49. The van der Waals surface area contributed by atoms with Crippen LogP contribution in [0.1, 0.15) is 23.1 Å². The first-order valence-corrected chi connectivity index (χ1v) is 5.31. The predicted molar refractivity (Wildman–Crippen MR) is 57.7 cm³/mol. The number of aryl methyl sites for hydroxylation is 1. The van der Waals surface area contributed by atoms with Crippen molar-refractivity contribution >= 4 is 21.7 Å². The van der Waals surface area contributed by atoms with Crippen molar-refractivity contribution in [3.63, 3.8) is 0 Å². The molecule has 78 valence electrons. The van der Waals surface area contributed by atoms with Gasteiger partial charge >= 0.3 is 0 Å². The molecule has 0 aliphatic carbocycles. The number of furan rings is 1. The van der Waals surface area contributed by atoms with E-state index in [1.165, 1.54) is 6.26 Å². The van der Waals surface area contributed by atoms with Crippen molar-refractivity contribution in [1.82, 2.24) is 9.55 Å². The molecule has 0 fully saturated rings. The molecule has 4 nitrogen and oxygen atoms in total. The normalized spacial score (nSPS) is 10.5. The van der Waals surface area contributed by atoms with E-state index in [2.05, 4.69) is 20.9 Å². The highest BCUT2D eigenvalue weighted by Gasteiger charge is 2.16. The number of hydrogen-bond donors (Lipinski definition) is 0. The third kappa shape index (κ3) is 1.87. The van der Waals surface area contributed by atoms with Crippen LogP contribution in [-0.4, -0.2) is 15.3 Å². The Bertz CT molecular complexity index is 487. The van der Waals surface area contributed by atoms with Crippen molar-refractivity contribution in [2.24, 2.45) is 0 Å². The van der Waals surface area contributed by atoms with Gasteiger partial charge in [-0.05, 0) is 22.9 Å². The summed E-state index contributed by atoms with van der Waals surface area (Å²) in [5.74, 6) is 0.308. The van der Waals surface area contributed by atoms with Crippen molar-refractivity contribution in [2.75, 3.05) is 0 Å². The maximum absolute atomic E-state index is 11.9. The fourth-order valence-corrected chi connectivity index (χ4v) is 1.67. The second-order valence-corrected chi connectivity index (χ2v) is 3.79. The van der Waals surface area contributed by atoms with E-state index in [0.717, 1.165) is 6.54 Å². The van der Waals surface area contributed by atoms with Crippen molar-refractivity contribution in [1.29, 1.82) is 0 Å². The van der Waals surface area contributed by atoms with Crippen LogP contribution in [0, 0.1) is 0 Å². The minimum Gasteiger partial charge on any atom is -0.457 e. The average molecular weight is 269 g/mol. The Morgan fingerprint density at radius 3 is 3.07 bits per heavy atom. The Morgan fingerprint density at radius 2 is 2.47 bits per heavy atom. The van der Waals surface area contributed by atoms with E-state index >= 15 is 0 Å². The van der Waals surface area contributed by atoms with Gasteiger partial charge in [0.25, 0.3) is 0 Å². The van der Waals surface area contributed by atoms with Gasteiger partial charge in [0.05, 0.1) is 5.56 Å². The van der Waals surface area contributed by atoms with E-state index < -0.39 is 0 Å². The summed E-state index contributed by atoms with van der Waals surface area (Å²) in [6, 6.07) is 1.64. The molecule has 0 radical (unpaired) electrons. The fourth-order valence-electron chi connectivity index (χ4n) is 1.33. The number of carbonyl (C=O) groups excluding carboxylic acids is 1. The summed E-state index contributed by atoms with van der Waals surface area (Å²) in [6.45, 7) is 2.68. The Morgan fingerprint density at radius 1 is 1.67 bits per heavy atom. The molecule has 0 saturated heterocycles. The van der Waals surface area contributed by atoms with Gasteiger partial charge in [0, 0.05) is 25.0 Å². The minimum atomic E-state index is -0.128. The van der Waals surface area contributed by atoms with E-state index in [1.807, 2.05) is 6.92 Å². The summed E-state index contributed by atoms with van der Waals surface area (Å²) in [6.07, 6.45) is 4.81. The second kappa shape index (κ2) is 4.02. The van der Waals surface area contributed by atoms with Crippen molar-refractivity contribution in [3.8, 4) is 0 Å². The van der Waals surface area contributed by atoms with Gasteiger partial charge in [-0.3, -0.25) is 4.79 Å². The van der Waals surface area contributed by atoms with Gasteiger partial charge in [-0.25, -0.2) is 4.98 Å². The summed E-state index contributed by atoms with van der Waals surface area (Å²) in [5, 5.41) is 0. The van der Waals surface area contributed by atoms with E-state index in [4.69, 9.17) is 4.42 Å².